The van der Waals surface area contributed by atoms with Gasteiger partial charge in [0.2, 0.25) is 0 Å². The summed E-state index contributed by atoms with van der Waals surface area (Å²) >= 11 is 2.35. The van der Waals surface area contributed by atoms with Gasteiger partial charge in [-0.2, -0.15) is 0 Å². The fourth-order valence-electron chi connectivity index (χ4n) is 1.84. The lowest BCUT2D eigenvalue weighted by Gasteiger charge is -1.95. The summed E-state index contributed by atoms with van der Waals surface area (Å²) in [6.45, 7) is 0. The van der Waals surface area contributed by atoms with E-state index in [0.717, 1.165) is 22.3 Å². The summed E-state index contributed by atoms with van der Waals surface area (Å²) in [5.74, 6) is 0.911. The zero-order chi connectivity index (χ0) is 11.7. The molecule has 1 heterocycles. The van der Waals surface area contributed by atoms with Gasteiger partial charge in [0.1, 0.15) is 0 Å². The molecule has 0 spiro atoms. The fourth-order valence-corrected chi connectivity index (χ4v) is 2.57. The van der Waals surface area contributed by atoms with Crippen molar-refractivity contribution in [3.05, 3.63) is 64.2 Å². The Kier molecular flexibility index (Phi) is 2.81. The zero-order valence-corrected chi connectivity index (χ0v) is 11.2. The second-order valence-corrected chi connectivity index (χ2v) is 4.98. The number of benzene rings is 2. The maximum Gasteiger partial charge on any atom is 0.361 e. The second-order valence-electron chi connectivity index (χ2n) is 3.82. The number of halogens is 1. The average molecular weight is 333 g/mol. The van der Waals surface area contributed by atoms with Crippen molar-refractivity contribution in [3.8, 4) is 11.3 Å². The molecule has 0 aliphatic heterocycles. The number of rotatable bonds is 1. The van der Waals surface area contributed by atoms with Gasteiger partial charge >= 0.3 is 11.3 Å². The summed E-state index contributed by atoms with van der Waals surface area (Å²) in [5.41, 5.74) is 2.04. The predicted octanol–water partition coefficient (Wildman–Crippen LogP) is 4.99. The maximum absolute atomic E-state index is 5.92. The van der Waals surface area contributed by atoms with E-state index in [-0.39, 0.29) is 0 Å². The van der Waals surface area contributed by atoms with Crippen LogP contribution in [0.2, 0.25) is 0 Å². The standard InChI is InChI=1S/C15H10IO/c16-13-10-15(11-6-2-1-3-7-11)17-14-9-5-4-8-12(13)14/h1-10H/q+1. The van der Waals surface area contributed by atoms with Gasteiger partial charge in [-0.05, 0) is 40.8 Å². The third-order valence-corrected chi connectivity index (χ3v) is 3.57. The molecule has 0 aliphatic rings. The van der Waals surface area contributed by atoms with Crippen LogP contribution in [-0.4, -0.2) is 0 Å². The minimum atomic E-state index is 0.911. The Bertz CT molecular complexity index is 662. The Hall–Kier alpha value is -1.42. The summed E-state index contributed by atoms with van der Waals surface area (Å²) in [7, 11) is 0. The van der Waals surface area contributed by atoms with E-state index in [9.17, 15) is 0 Å². The van der Waals surface area contributed by atoms with Crippen LogP contribution in [0, 0.1) is 3.57 Å². The molecule has 0 bridgehead atoms. The molecule has 82 valence electrons. The van der Waals surface area contributed by atoms with Gasteiger partial charge in [-0.25, -0.2) is 4.42 Å². The Morgan fingerprint density at radius 3 is 2.35 bits per heavy atom. The highest BCUT2D eigenvalue weighted by atomic mass is 127. The molecule has 0 atom stereocenters. The number of hydrogen-bond acceptors (Lipinski definition) is 0. The quantitative estimate of drug-likeness (QED) is 0.451. The largest absolute Gasteiger partial charge is 0.361 e. The van der Waals surface area contributed by atoms with E-state index in [2.05, 4.69) is 46.9 Å². The topological polar surface area (TPSA) is 11.3 Å². The van der Waals surface area contributed by atoms with Crippen LogP contribution >= 0.6 is 22.6 Å². The second kappa shape index (κ2) is 4.45. The van der Waals surface area contributed by atoms with E-state index in [1.54, 1.807) is 0 Å². The molecule has 3 rings (SSSR count). The van der Waals surface area contributed by atoms with Crippen molar-refractivity contribution < 1.29 is 4.42 Å². The lowest BCUT2D eigenvalue weighted by molar-refractivity contribution is 0.619. The third kappa shape index (κ3) is 2.05. The first kappa shape index (κ1) is 10.7. The van der Waals surface area contributed by atoms with E-state index in [1.807, 2.05) is 36.4 Å². The van der Waals surface area contributed by atoms with Crippen LogP contribution in [0.25, 0.3) is 22.3 Å². The minimum absolute atomic E-state index is 0.911. The first-order chi connectivity index (χ1) is 8.34. The van der Waals surface area contributed by atoms with Crippen molar-refractivity contribution in [1.82, 2.24) is 0 Å². The molecule has 0 aliphatic carbocycles. The summed E-state index contributed by atoms with van der Waals surface area (Å²) in [6.07, 6.45) is 0. The maximum atomic E-state index is 5.92. The highest BCUT2D eigenvalue weighted by molar-refractivity contribution is 14.1. The molecule has 0 N–H and O–H groups in total. The molecule has 2 heteroatoms. The van der Waals surface area contributed by atoms with Gasteiger partial charge in [0.25, 0.3) is 0 Å². The lowest BCUT2D eigenvalue weighted by atomic mass is 10.1. The molecule has 0 unspecified atom stereocenters. The highest BCUT2D eigenvalue weighted by Gasteiger charge is 2.16. The molecule has 1 nitrogen and oxygen atoms in total. The van der Waals surface area contributed by atoms with Gasteiger partial charge in [-0.3, -0.25) is 0 Å². The van der Waals surface area contributed by atoms with Gasteiger partial charge in [0.05, 0.1) is 17.0 Å². The molecule has 0 saturated carbocycles. The normalized spacial score (nSPS) is 10.6. The number of hydrogen-bond donors (Lipinski definition) is 0. The van der Waals surface area contributed by atoms with Crippen molar-refractivity contribution in [1.29, 1.82) is 0 Å². The summed E-state index contributed by atoms with van der Waals surface area (Å²) in [5, 5.41) is 1.16. The van der Waals surface area contributed by atoms with Gasteiger partial charge in [-0.15, -0.1) is 0 Å². The lowest BCUT2D eigenvalue weighted by Crippen LogP contribution is -1.82. The molecule has 2 aromatic carbocycles. The molecular weight excluding hydrogens is 323 g/mol. The first-order valence-corrected chi connectivity index (χ1v) is 6.49. The van der Waals surface area contributed by atoms with E-state index in [1.165, 1.54) is 3.57 Å². The highest BCUT2D eigenvalue weighted by Crippen LogP contribution is 2.28. The Morgan fingerprint density at radius 1 is 0.824 bits per heavy atom. The van der Waals surface area contributed by atoms with E-state index in [0.29, 0.717) is 0 Å². The van der Waals surface area contributed by atoms with Crippen molar-refractivity contribution in [2.45, 2.75) is 0 Å². The SMILES string of the molecule is Ic1cc(-c2ccccc2)[o+]c2ccccc12. The van der Waals surface area contributed by atoms with Crippen molar-refractivity contribution in [2.75, 3.05) is 0 Å². The van der Waals surface area contributed by atoms with Gasteiger partial charge in [-0.1, -0.05) is 30.3 Å². The fraction of sp³-hybridized carbons (Fsp3) is 0. The van der Waals surface area contributed by atoms with E-state index >= 15 is 0 Å². The molecule has 0 saturated heterocycles. The van der Waals surface area contributed by atoms with Gasteiger partial charge in [0, 0.05) is 9.64 Å². The van der Waals surface area contributed by atoms with Crippen LogP contribution in [0.1, 0.15) is 0 Å². The van der Waals surface area contributed by atoms with Crippen molar-refractivity contribution in [3.63, 3.8) is 0 Å². The molecule has 0 amide bonds. The molecular formula is C15H10IO+. The Labute approximate surface area is 113 Å². The van der Waals surface area contributed by atoms with Crippen LogP contribution in [-0.2, 0) is 0 Å². The molecule has 17 heavy (non-hydrogen) atoms. The summed E-state index contributed by atoms with van der Waals surface area (Å²) < 4.78 is 7.14. The first-order valence-electron chi connectivity index (χ1n) is 5.41. The summed E-state index contributed by atoms with van der Waals surface area (Å²) in [6, 6.07) is 20.4. The molecule has 0 fully saturated rings. The monoisotopic (exact) mass is 333 g/mol. The van der Waals surface area contributed by atoms with Crippen molar-refractivity contribution >= 4 is 33.6 Å². The zero-order valence-electron chi connectivity index (χ0n) is 9.06. The predicted molar refractivity (Wildman–Crippen MR) is 78.8 cm³/mol. The van der Waals surface area contributed by atoms with Crippen LogP contribution < -0.4 is 0 Å². The number of fused-ring (bicyclic) bond motifs is 1. The molecule has 0 radical (unpaired) electrons. The van der Waals surface area contributed by atoms with E-state index < -0.39 is 0 Å². The average Bonchev–Trinajstić information content (AvgIpc) is 2.40. The van der Waals surface area contributed by atoms with Crippen LogP contribution in [0.5, 0.6) is 0 Å². The van der Waals surface area contributed by atoms with E-state index in [4.69, 9.17) is 4.42 Å². The van der Waals surface area contributed by atoms with Crippen LogP contribution in [0.15, 0.2) is 65.1 Å². The van der Waals surface area contributed by atoms with Crippen LogP contribution in [0.4, 0.5) is 0 Å². The summed E-state index contributed by atoms with van der Waals surface area (Å²) in [4.78, 5) is 0. The smallest absolute Gasteiger partial charge is 0.207 e. The van der Waals surface area contributed by atoms with Gasteiger partial charge in [0.15, 0.2) is 0 Å². The van der Waals surface area contributed by atoms with Gasteiger partial charge < -0.3 is 0 Å². The van der Waals surface area contributed by atoms with Crippen LogP contribution in [0.3, 0.4) is 0 Å². The third-order valence-electron chi connectivity index (χ3n) is 2.68. The minimum Gasteiger partial charge on any atom is -0.207 e. The Morgan fingerprint density at radius 2 is 1.53 bits per heavy atom. The molecule has 3 aromatic rings. The number of para-hydroxylation sites is 1. The van der Waals surface area contributed by atoms with Crippen molar-refractivity contribution in [2.24, 2.45) is 0 Å². The molecule has 1 aromatic heterocycles. The Balaban J connectivity index is 2.26.